The minimum atomic E-state index is -4.14. The van der Waals surface area contributed by atoms with Crippen LogP contribution in [0.2, 0.25) is 0 Å². The first kappa shape index (κ1) is 19.3. The lowest BCUT2D eigenvalue weighted by atomic mass is 10.2. The summed E-state index contributed by atoms with van der Waals surface area (Å²) in [5.41, 5.74) is -0.584. The zero-order valence-electron chi connectivity index (χ0n) is 14.4. The molecule has 0 heterocycles. The smallest absolute Gasteiger partial charge is 0.288 e. The Morgan fingerprint density at radius 1 is 0.926 bits per heavy atom. The number of alkyl halides is 1. The normalized spacial score (nSPS) is 14.0. The number of hydrogen-bond donors (Lipinski definition) is 0. The summed E-state index contributed by atoms with van der Waals surface area (Å²) in [7, 11) is -5.95. The molecule has 0 bridgehead atoms. The molecule has 3 aromatic rings. The van der Waals surface area contributed by atoms with Gasteiger partial charge in [-0.2, -0.15) is 8.42 Å². The van der Waals surface area contributed by atoms with Crippen molar-refractivity contribution in [3.05, 3.63) is 90.0 Å². The molecule has 0 spiro atoms. The first-order valence-electron chi connectivity index (χ1n) is 8.11. The molecule has 3 aromatic carbocycles. The van der Waals surface area contributed by atoms with E-state index in [0.29, 0.717) is 0 Å². The van der Waals surface area contributed by atoms with Crippen molar-refractivity contribution in [2.75, 3.05) is 0 Å². The summed E-state index contributed by atoms with van der Waals surface area (Å²) in [4.78, 5) is -0.00113. The van der Waals surface area contributed by atoms with E-state index in [0.717, 1.165) is 5.56 Å². The number of rotatable bonds is 5. The quantitative estimate of drug-likeness (QED) is 0.639. The maximum Gasteiger partial charge on any atom is 0.288 e. The van der Waals surface area contributed by atoms with Crippen LogP contribution in [0.5, 0.6) is 5.75 Å². The highest BCUT2D eigenvalue weighted by atomic mass is 32.3. The molecule has 0 fully saturated rings. The van der Waals surface area contributed by atoms with Gasteiger partial charge < -0.3 is 5.11 Å². The highest BCUT2D eigenvalue weighted by molar-refractivity contribution is 8.00. The summed E-state index contributed by atoms with van der Waals surface area (Å²) in [6.07, 6.45) is 0. The zero-order valence-corrected chi connectivity index (χ0v) is 16.1. The number of para-hydroxylation sites is 1. The SMILES string of the molecule is Cc1ccc(S(=O)(=O)N=S(c2ccccc2[O-])C(F)c2ccccc2)cc1. The molecule has 0 aliphatic carbocycles. The summed E-state index contributed by atoms with van der Waals surface area (Å²) >= 11 is 0. The molecule has 7 heteroatoms. The van der Waals surface area contributed by atoms with Crippen LogP contribution in [-0.4, -0.2) is 8.42 Å². The first-order valence-corrected chi connectivity index (χ1v) is 10.8. The minimum Gasteiger partial charge on any atom is -0.872 e. The second-order valence-electron chi connectivity index (χ2n) is 5.85. The molecular weight excluding hydrogens is 385 g/mol. The number of benzene rings is 3. The van der Waals surface area contributed by atoms with Gasteiger partial charge in [-0.05, 0) is 41.4 Å². The average Bonchev–Trinajstić information content (AvgIpc) is 2.67. The van der Waals surface area contributed by atoms with Crippen LogP contribution in [0.25, 0.3) is 0 Å². The molecule has 3 rings (SSSR count). The fourth-order valence-electron chi connectivity index (χ4n) is 2.40. The molecule has 0 N–H and O–H groups in total. The Balaban J connectivity index is 2.16. The highest BCUT2D eigenvalue weighted by Gasteiger charge is 2.23. The molecule has 140 valence electrons. The summed E-state index contributed by atoms with van der Waals surface area (Å²) in [6.45, 7) is 1.83. The summed E-state index contributed by atoms with van der Waals surface area (Å²) < 4.78 is 44.6. The van der Waals surface area contributed by atoms with Gasteiger partial charge in [-0.25, -0.2) is 4.39 Å². The molecule has 0 saturated heterocycles. The van der Waals surface area contributed by atoms with Gasteiger partial charge in [0.05, 0.1) is 4.90 Å². The first-order chi connectivity index (χ1) is 12.9. The number of aryl methyl sites for hydroxylation is 1. The van der Waals surface area contributed by atoms with E-state index in [-0.39, 0.29) is 15.4 Å². The summed E-state index contributed by atoms with van der Waals surface area (Å²) in [5.74, 6) is -0.442. The van der Waals surface area contributed by atoms with Crippen molar-refractivity contribution in [3.63, 3.8) is 0 Å². The highest BCUT2D eigenvalue weighted by Crippen LogP contribution is 2.33. The van der Waals surface area contributed by atoms with Gasteiger partial charge in [-0.1, -0.05) is 72.0 Å². The lowest BCUT2D eigenvalue weighted by Crippen LogP contribution is -2.09. The zero-order chi connectivity index (χ0) is 19.4. The standard InChI is InChI=1S/C20H18FNO3S2/c1-15-11-13-17(14-12-15)27(24,25)22-26(19-10-6-5-9-18(19)23)20(21)16-7-3-2-4-8-16/h2-14,20,23H,1H3/p-1. The molecule has 0 amide bonds. The van der Waals surface area contributed by atoms with Crippen LogP contribution in [0, 0.1) is 6.92 Å². The van der Waals surface area contributed by atoms with Crippen LogP contribution in [-0.2, 0) is 20.7 Å². The van der Waals surface area contributed by atoms with Crippen molar-refractivity contribution < 1.29 is 17.9 Å². The average molecular weight is 402 g/mol. The molecular formula is C20H17FNO3S2-. The fraction of sp³-hybridized carbons (Fsp3) is 0.100. The molecule has 0 aliphatic heterocycles. The predicted molar refractivity (Wildman–Crippen MR) is 103 cm³/mol. The van der Waals surface area contributed by atoms with Crippen molar-refractivity contribution >= 4 is 20.7 Å². The Bertz CT molecular complexity index is 1070. The lowest BCUT2D eigenvalue weighted by Gasteiger charge is -2.19. The Labute approximate surface area is 160 Å². The molecule has 0 saturated carbocycles. The lowest BCUT2D eigenvalue weighted by molar-refractivity contribution is -0.272. The third kappa shape index (κ3) is 4.43. The van der Waals surface area contributed by atoms with Gasteiger partial charge in [-0.3, -0.25) is 0 Å². The van der Waals surface area contributed by atoms with E-state index >= 15 is 4.39 Å². The van der Waals surface area contributed by atoms with Gasteiger partial charge in [0, 0.05) is 4.90 Å². The van der Waals surface area contributed by atoms with Gasteiger partial charge >= 0.3 is 0 Å². The molecule has 2 atom stereocenters. The fourth-order valence-corrected chi connectivity index (χ4v) is 5.83. The van der Waals surface area contributed by atoms with Crippen molar-refractivity contribution in [2.24, 2.45) is 3.77 Å². The second kappa shape index (κ2) is 8.02. The van der Waals surface area contributed by atoms with E-state index in [1.54, 1.807) is 48.5 Å². The number of nitrogens with zero attached hydrogens (tertiary/aromatic N) is 1. The predicted octanol–water partition coefficient (Wildman–Crippen LogP) is 4.29. The van der Waals surface area contributed by atoms with E-state index in [2.05, 4.69) is 3.77 Å². The van der Waals surface area contributed by atoms with Crippen LogP contribution >= 0.6 is 0 Å². The van der Waals surface area contributed by atoms with Gasteiger partial charge in [0.2, 0.25) is 0 Å². The van der Waals surface area contributed by atoms with Crippen LogP contribution < -0.4 is 5.11 Å². The molecule has 0 radical (unpaired) electrons. The largest absolute Gasteiger partial charge is 0.872 e. The molecule has 2 unspecified atom stereocenters. The Morgan fingerprint density at radius 2 is 1.52 bits per heavy atom. The van der Waals surface area contributed by atoms with E-state index in [1.807, 2.05) is 6.92 Å². The maximum atomic E-state index is 15.3. The van der Waals surface area contributed by atoms with Gasteiger partial charge in [0.1, 0.15) is 0 Å². The summed E-state index contributed by atoms with van der Waals surface area (Å²) in [6, 6.07) is 20.1. The Hall–Kier alpha value is -2.51. The number of hydrogen-bond acceptors (Lipinski definition) is 3. The molecule has 0 aromatic heterocycles. The van der Waals surface area contributed by atoms with Crippen molar-refractivity contribution in [1.82, 2.24) is 0 Å². The second-order valence-corrected chi connectivity index (χ2v) is 9.35. The minimum absolute atomic E-state index is 0.0320. The monoisotopic (exact) mass is 402 g/mol. The maximum absolute atomic E-state index is 15.3. The Kier molecular flexibility index (Phi) is 5.72. The molecule has 27 heavy (non-hydrogen) atoms. The molecule has 4 nitrogen and oxygen atoms in total. The van der Waals surface area contributed by atoms with Crippen LogP contribution in [0.3, 0.4) is 0 Å². The molecule has 0 aliphatic rings. The summed E-state index contributed by atoms with van der Waals surface area (Å²) in [5, 5.41) is 12.2. The topological polar surface area (TPSA) is 69.6 Å². The number of sulfonamides is 1. The Morgan fingerprint density at radius 3 is 2.15 bits per heavy atom. The van der Waals surface area contributed by atoms with E-state index in [9.17, 15) is 13.5 Å². The van der Waals surface area contributed by atoms with E-state index < -0.39 is 32.0 Å². The third-order valence-electron chi connectivity index (χ3n) is 3.83. The van der Waals surface area contributed by atoms with E-state index in [1.165, 1.54) is 30.3 Å². The van der Waals surface area contributed by atoms with Gasteiger partial charge in [-0.15, -0.1) is 3.77 Å². The van der Waals surface area contributed by atoms with Crippen LogP contribution in [0.15, 0.2) is 92.4 Å². The van der Waals surface area contributed by atoms with Crippen LogP contribution in [0.4, 0.5) is 4.39 Å². The van der Waals surface area contributed by atoms with Crippen molar-refractivity contribution in [2.45, 2.75) is 22.2 Å². The van der Waals surface area contributed by atoms with Gasteiger partial charge in [0.25, 0.3) is 10.0 Å². The van der Waals surface area contributed by atoms with Crippen LogP contribution in [0.1, 0.15) is 16.6 Å². The van der Waals surface area contributed by atoms with Crippen molar-refractivity contribution in [3.8, 4) is 5.75 Å². The van der Waals surface area contributed by atoms with Crippen molar-refractivity contribution in [1.29, 1.82) is 0 Å². The third-order valence-corrected chi connectivity index (χ3v) is 7.58. The van der Waals surface area contributed by atoms with E-state index in [4.69, 9.17) is 0 Å². The van der Waals surface area contributed by atoms with Gasteiger partial charge in [0.15, 0.2) is 5.50 Å². The number of halogens is 1.